The minimum atomic E-state index is -0.903. The van der Waals surface area contributed by atoms with Crippen LogP contribution in [0.5, 0.6) is 0 Å². The van der Waals surface area contributed by atoms with E-state index >= 15 is 0 Å². The number of aromatic amines is 1. The number of rotatable bonds is 3. The van der Waals surface area contributed by atoms with Crippen molar-refractivity contribution in [1.82, 2.24) is 4.98 Å². The lowest BCUT2D eigenvalue weighted by molar-refractivity contribution is -0.136. The molecule has 0 saturated heterocycles. The topological polar surface area (TPSA) is 53.1 Å². The van der Waals surface area contributed by atoms with Crippen molar-refractivity contribution in [3.05, 3.63) is 58.3 Å². The summed E-state index contributed by atoms with van der Waals surface area (Å²) in [5.74, 6) is -1.23. The Balaban J connectivity index is 2.27. The van der Waals surface area contributed by atoms with Crippen LogP contribution in [0, 0.1) is 5.82 Å². The number of fused-ring (bicyclic) bond motifs is 1. The first kappa shape index (κ1) is 13.8. The molecular weight excluding hydrogens is 337 g/mol. The molecule has 3 nitrogen and oxygen atoms in total. The molecule has 0 aliphatic carbocycles. The van der Waals surface area contributed by atoms with Crippen molar-refractivity contribution in [2.45, 2.75) is 6.42 Å². The molecule has 5 heteroatoms. The highest BCUT2D eigenvalue weighted by molar-refractivity contribution is 9.10. The highest BCUT2D eigenvalue weighted by Crippen LogP contribution is 2.34. The van der Waals surface area contributed by atoms with Crippen LogP contribution in [0.1, 0.15) is 5.56 Å². The van der Waals surface area contributed by atoms with Gasteiger partial charge in [0.05, 0.1) is 17.6 Å². The Labute approximate surface area is 128 Å². The van der Waals surface area contributed by atoms with Crippen molar-refractivity contribution < 1.29 is 14.3 Å². The van der Waals surface area contributed by atoms with Gasteiger partial charge in [-0.25, -0.2) is 4.39 Å². The molecule has 0 aliphatic heterocycles. The normalized spacial score (nSPS) is 11.0. The minimum absolute atomic E-state index is 0.0941. The number of aromatic nitrogens is 1. The molecule has 0 bridgehead atoms. The Kier molecular flexibility index (Phi) is 3.51. The SMILES string of the molecule is O=C(O)Cc1c(-c2ccc(F)cc2)[nH]c2c(Br)cccc12. The van der Waals surface area contributed by atoms with E-state index in [2.05, 4.69) is 20.9 Å². The second-order valence-corrected chi connectivity index (χ2v) is 5.57. The van der Waals surface area contributed by atoms with Crippen LogP contribution in [0.15, 0.2) is 46.9 Å². The summed E-state index contributed by atoms with van der Waals surface area (Å²) >= 11 is 3.46. The third-order valence-corrected chi connectivity index (χ3v) is 4.01. The molecule has 3 aromatic rings. The number of hydrogen-bond donors (Lipinski definition) is 2. The van der Waals surface area contributed by atoms with Crippen LogP contribution in [0.25, 0.3) is 22.2 Å². The summed E-state index contributed by atoms with van der Waals surface area (Å²) in [5.41, 5.74) is 3.01. The number of carboxylic acid groups (broad SMARTS) is 1. The first-order valence-electron chi connectivity index (χ1n) is 6.33. The first-order chi connectivity index (χ1) is 10.1. The fourth-order valence-corrected chi connectivity index (χ4v) is 2.90. The van der Waals surface area contributed by atoms with Crippen molar-refractivity contribution in [1.29, 1.82) is 0 Å². The highest BCUT2D eigenvalue weighted by atomic mass is 79.9. The van der Waals surface area contributed by atoms with E-state index in [0.717, 1.165) is 20.9 Å². The van der Waals surface area contributed by atoms with Gasteiger partial charge >= 0.3 is 5.97 Å². The van der Waals surface area contributed by atoms with E-state index in [-0.39, 0.29) is 12.2 Å². The Morgan fingerprint density at radius 2 is 1.90 bits per heavy atom. The summed E-state index contributed by atoms with van der Waals surface area (Å²) < 4.78 is 13.9. The average molecular weight is 348 g/mol. The molecular formula is C16H11BrFNO2. The van der Waals surface area contributed by atoms with E-state index in [1.807, 2.05) is 18.2 Å². The van der Waals surface area contributed by atoms with Gasteiger partial charge in [-0.1, -0.05) is 12.1 Å². The number of hydrogen-bond acceptors (Lipinski definition) is 1. The molecule has 0 atom stereocenters. The monoisotopic (exact) mass is 347 g/mol. The predicted molar refractivity (Wildman–Crippen MR) is 82.7 cm³/mol. The number of benzene rings is 2. The number of H-pyrrole nitrogens is 1. The van der Waals surface area contributed by atoms with Gasteiger partial charge in [0.25, 0.3) is 0 Å². The molecule has 0 radical (unpaired) electrons. The van der Waals surface area contributed by atoms with Crippen LogP contribution in [-0.4, -0.2) is 16.1 Å². The largest absolute Gasteiger partial charge is 0.481 e. The Morgan fingerprint density at radius 1 is 1.19 bits per heavy atom. The summed E-state index contributed by atoms with van der Waals surface area (Å²) in [6.45, 7) is 0. The lowest BCUT2D eigenvalue weighted by Crippen LogP contribution is -2.00. The van der Waals surface area contributed by atoms with Crippen LogP contribution < -0.4 is 0 Å². The fourth-order valence-electron chi connectivity index (χ4n) is 2.44. The zero-order valence-corrected chi connectivity index (χ0v) is 12.4. The van der Waals surface area contributed by atoms with Crippen LogP contribution in [0.3, 0.4) is 0 Å². The van der Waals surface area contributed by atoms with Crippen LogP contribution in [0.4, 0.5) is 4.39 Å². The first-order valence-corrected chi connectivity index (χ1v) is 7.12. The molecule has 2 N–H and O–H groups in total. The fraction of sp³-hybridized carbons (Fsp3) is 0.0625. The van der Waals surface area contributed by atoms with E-state index in [4.69, 9.17) is 5.11 Å². The Morgan fingerprint density at radius 3 is 2.57 bits per heavy atom. The second kappa shape index (κ2) is 5.33. The smallest absolute Gasteiger partial charge is 0.307 e. The highest BCUT2D eigenvalue weighted by Gasteiger charge is 2.17. The van der Waals surface area contributed by atoms with Gasteiger partial charge < -0.3 is 10.1 Å². The summed E-state index contributed by atoms with van der Waals surface area (Å²) in [5, 5.41) is 10.00. The lowest BCUT2D eigenvalue weighted by atomic mass is 10.0. The van der Waals surface area contributed by atoms with Crippen molar-refractivity contribution in [2.24, 2.45) is 0 Å². The van der Waals surface area contributed by atoms with Gasteiger partial charge in [-0.05, 0) is 57.4 Å². The zero-order valence-electron chi connectivity index (χ0n) is 10.9. The van der Waals surface area contributed by atoms with Crippen LogP contribution >= 0.6 is 15.9 Å². The number of para-hydroxylation sites is 1. The number of carbonyl (C=O) groups is 1. The van der Waals surface area contributed by atoms with Crippen LogP contribution in [-0.2, 0) is 11.2 Å². The Bertz CT molecular complexity index is 824. The molecule has 0 fully saturated rings. The van der Waals surface area contributed by atoms with E-state index in [1.54, 1.807) is 12.1 Å². The summed E-state index contributed by atoms with van der Waals surface area (Å²) in [6, 6.07) is 11.6. The lowest BCUT2D eigenvalue weighted by Gasteiger charge is -2.03. The van der Waals surface area contributed by atoms with Gasteiger partial charge in [0, 0.05) is 9.86 Å². The molecule has 0 aliphatic rings. The quantitative estimate of drug-likeness (QED) is 0.739. The Hall–Kier alpha value is -2.14. The van der Waals surface area contributed by atoms with E-state index in [1.165, 1.54) is 12.1 Å². The maximum atomic E-state index is 13.1. The van der Waals surface area contributed by atoms with Gasteiger partial charge in [-0.2, -0.15) is 0 Å². The summed E-state index contributed by atoms with van der Waals surface area (Å²) in [6.07, 6.45) is -0.0941. The summed E-state index contributed by atoms with van der Waals surface area (Å²) in [4.78, 5) is 14.4. The third kappa shape index (κ3) is 2.56. The minimum Gasteiger partial charge on any atom is -0.481 e. The molecule has 0 unspecified atom stereocenters. The molecule has 0 spiro atoms. The van der Waals surface area contributed by atoms with Gasteiger partial charge in [0.1, 0.15) is 5.82 Å². The predicted octanol–water partition coefficient (Wildman–Crippen LogP) is 4.36. The van der Waals surface area contributed by atoms with E-state index in [0.29, 0.717) is 11.3 Å². The number of nitrogens with one attached hydrogen (secondary N) is 1. The standard InChI is InChI=1S/C16H11BrFNO2/c17-13-3-1-2-11-12(8-14(20)21)15(19-16(11)13)9-4-6-10(18)7-5-9/h1-7,19H,8H2,(H,20,21). The van der Waals surface area contributed by atoms with Crippen molar-refractivity contribution in [3.8, 4) is 11.3 Å². The van der Waals surface area contributed by atoms with Crippen molar-refractivity contribution in [2.75, 3.05) is 0 Å². The molecule has 21 heavy (non-hydrogen) atoms. The maximum absolute atomic E-state index is 13.1. The molecule has 0 saturated carbocycles. The molecule has 1 heterocycles. The van der Waals surface area contributed by atoms with Gasteiger partial charge in [0.2, 0.25) is 0 Å². The van der Waals surface area contributed by atoms with Gasteiger partial charge in [0.15, 0.2) is 0 Å². The van der Waals surface area contributed by atoms with Gasteiger partial charge in [-0.15, -0.1) is 0 Å². The third-order valence-electron chi connectivity index (χ3n) is 3.35. The summed E-state index contributed by atoms with van der Waals surface area (Å²) in [7, 11) is 0. The van der Waals surface area contributed by atoms with Crippen molar-refractivity contribution >= 4 is 32.8 Å². The maximum Gasteiger partial charge on any atom is 0.307 e. The van der Waals surface area contributed by atoms with Crippen LogP contribution in [0.2, 0.25) is 0 Å². The molecule has 2 aromatic carbocycles. The zero-order chi connectivity index (χ0) is 15.0. The van der Waals surface area contributed by atoms with E-state index in [9.17, 15) is 9.18 Å². The molecule has 1 aromatic heterocycles. The number of halogens is 2. The van der Waals surface area contributed by atoms with Gasteiger partial charge in [-0.3, -0.25) is 4.79 Å². The van der Waals surface area contributed by atoms with Crippen molar-refractivity contribution in [3.63, 3.8) is 0 Å². The second-order valence-electron chi connectivity index (χ2n) is 4.72. The molecule has 106 valence electrons. The number of aliphatic carboxylic acids is 1. The molecule has 3 rings (SSSR count). The van der Waals surface area contributed by atoms with E-state index < -0.39 is 5.97 Å². The number of carboxylic acids is 1. The molecule has 0 amide bonds. The average Bonchev–Trinajstić information content (AvgIpc) is 2.80.